The van der Waals surface area contributed by atoms with Crippen LogP contribution in [-0.2, 0) is 0 Å². The van der Waals surface area contributed by atoms with Gasteiger partial charge in [-0.15, -0.1) is 0 Å². The van der Waals surface area contributed by atoms with Gasteiger partial charge >= 0.3 is 0 Å². The molecule has 0 aliphatic carbocycles. The van der Waals surface area contributed by atoms with Crippen molar-refractivity contribution in [2.75, 3.05) is 11.9 Å². The summed E-state index contributed by atoms with van der Waals surface area (Å²) in [6, 6.07) is 8.86. The number of carbonyl (C=O) groups excluding carboxylic acids is 1. The van der Waals surface area contributed by atoms with Gasteiger partial charge in [-0.3, -0.25) is 4.79 Å². The van der Waals surface area contributed by atoms with Crippen molar-refractivity contribution in [2.45, 2.75) is 25.9 Å². The molecule has 4 N–H and O–H groups in total. The number of pyridine rings is 1. The summed E-state index contributed by atoms with van der Waals surface area (Å²) < 4.78 is 7.95. The Morgan fingerprint density at radius 3 is 2.79 bits per heavy atom. The van der Waals surface area contributed by atoms with E-state index in [1.54, 1.807) is 56.4 Å². The van der Waals surface area contributed by atoms with E-state index in [0.717, 1.165) is 0 Å². The highest BCUT2D eigenvalue weighted by molar-refractivity contribution is 6.33. The van der Waals surface area contributed by atoms with Crippen LogP contribution in [0.4, 0.5) is 5.82 Å². The molecule has 3 aromatic rings. The van der Waals surface area contributed by atoms with E-state index in [0.29, 0.717) is 38.2 Å². The maximum atomic E-state index is 12.7. The van der Waals surface area contributed by atoms with Crippen LogP contribution in [0.15, 0.2) is 48.8 Å². The number of hydrogen-bond acceptors (Lipinski definition) is 4. The van der Waals surface area contributed by atoms with Crippen LogP contribution in [0.3, 0.4) is 0 Å². The Morgan fingerprint density at radius 1 is 1.31 bits per heavy atom. The predicted octanol–water partition coefficient (Wildman–Crippen LogP) is 4.67. The Morgan fingerprint density at radius 2 is 2.10 bits per heavy atom. The number of halogens is 2. The zero-order valence-corrected chi connectivity index (χ0v) is 17.5. The van der Waals surface area contributed by atoms with Crippen LogP contribution in [0, 0.1) is 0 Å². The van der Waals surface area contributed by atoms with Crippen molar-refractivity contribution in [3.05, 3.63) is 70.1 Å². The monoisotopic (exact) mass is 433 g/mol. The number of rotatable bonds is 7. The van der Waals surface area contributed by atoms with Gasteiger partial charge in [-0.05, 0) is 43.7 Å². The lowest BCUT2D eigenvalue weighted by Gasteiger charge is -2.16. The molecule has 2 aromatic heterocycles. The highest BCUT2D eigenvalue weighted by Gasteiger charge is 2.18. The number of hydrogen-bond donors (Lipinski definition) is 4. The molecule has 0 fully saturated rings. The maximum Gasteiger partial charge on any atom is 0.268 e. The molecule has 6 nitrogen and oxygen atoms in total. The number of aromatic nitrogens is 2. The first-order valence-corrected chi connectivity index (χ1v) is 9.71. The molecule has 0 bridgehead atoms. The topological polar surface area (TPSA) is 90.0 Å². The van der Waals surface area contributed by atoms with E-state index >= 15 is 0 Å². The fourth-order valence-corrected chi connectivity index (χ4v) is 3.27. The highest BCUT2D eigenvalue weighted by atomic mass is 35.5. The van der Waals surface area contributed by atoms with Gasteiger partial charge in [-0.25, -0.2) is 4.98 Å². The smallest absolute Gasteiger partial charge is 0.268 e. The van der Waals surface area contributed by atoms with Gasteiger partial charge in [0, 0.05) is 34.6 Å². The zero-order chi connectivity index (χ0) is 21.9. The van der Waals surface area contributed by atoms with Gasteiger partial charge in [0.15, 0.2) is 0 Å². The van der Waals surface area contributed by atoms with E-state index in [1.807, 2.05) is 0 Å². The summed E-state index contributed by atoms with van der Waals surface area (Å²) in [5.41, 5.74) is 2.38. The quantitative estimate of drug-likeness (QED) is 0.435. The molecular formula is C21H22Cl2N4O2. The molecule has 1 aromatic carbocycles. The number of nitrogens with zero attached hydrogens (tertiary/aromatic N) is 1. The number of benzene rings is 1. The first-order chi connectivity index (χ1) is 14.2. The first kappa shape index (κ1) is 19.8. The van der Waals surface area contributed by atoms with E-state index in [9.17, 15) is 9.90 Å². The zero-order valence-electron chi connectivity index (χ0n) is 17.0. The second kappa shape index (κ2) is 9.31. The van der Waals surface area contributed by atoms with E-state index < -0.39 is 12.1 Å². The van der Waals surface area contributed by atoms with Crippen molar-refractivity contribution in [2.24, 2.45) is 0 Å². The lowest BCUT2D eigenvalue weighted by molar-refractivity contribution is 0.0912. The minimum atomic E-state index is -0.902. The van der Waals surface area contributed by atoms with Crippen molar-refractivity contribution in [1.29, 1.82) is 0 Å². The standard InChI is InChI=1S/C21H22Cl2N4O2/c1-12(2)26-20-8-16(17(23)10-25-20)14-7-18(24-9-14)21(29)27-19(11-28)13-4-3-5-15(22)6-13/h3-10,12,19,24,28H,11H2,1-2H3,(H,25,26)(H,27,29)/i12D. The van der Waals surface area contributed by atoms with E-state index in [1.165, 1.54) is 6.20 Å². The number of aromatic amines is 1. The van der Waals surface area contributed by atoms with Crippen LogP contribution < -0.4 is 10.6 Å². The number of H-pyrrole nitrogens is 1. The number of amides is 1. The van der Waals surface area contributed by atoms with Gasteiger partial charge in [-0.1, -0.05) is 35.3 Å². The predicted molar refractivity (Wildman–Crippen MR) is 117 cm³/mol. The number of carbonyl (C=O) groups is 1. The number of aliphatic hydroxyl groups excluding tert-OH is 1. The molecule has 1 unspecified atom stereocenters. The molecule has 0 aliphatic heterocycles. The molecule has 1 atom stereocenters. The third kappa shape index (κ3) is 5.29. The van der Waals surface area contributed by atoms with Gasteiger partial charge in [0.25, 0.3) is 5.91 Å². The lowest BCUT2D eigenvalue weighted by Crippen LogP contribution is -2.31. The molecule has 152 valence electrons. The van der Waals surface area contributed by atoms with Crippen molar-refractivity contribution >= 4 is 34.9 Å². The fraction of sp³-hybridized carbons (Fsp3) is 0.238. The van der Waals surface area contributed by atoms with E-state index in [4.69, 9.17) is 24.6 Å². The van der Waals surface area contributed by atoms with Crippen molar-refractivity contribution in [3.63, 3.8) is 0 Å². The molecule has 0 saturated heterocycles. The maximum absolute atomic E-state index is 12.7. The minimum absolute atomic E-state index is 0.270. The molecule has 0 spiro atoms. The van der Waals surface area contributed by atoms with Crippen LogP contribution in [0.2, 0.25) is 10.0 Å². The van der Waals surface area contributed by atoms with Crippen molar-refractivity contribution in [1.82, 2.24) is 15.3 Å². The molecule has 29 heavy (non-hydrogen) atoms. The normalized spacial score (nSPS) is 12.9. The highest BCUT2D eigenvalue weighted by Crippen LogP contribution is 2.30. The molecular weight excluding hydrogens is 411 g/mol. The third-order valence-corrected chi connectivity index (χ3v) is 4.75. The number of anilines is 1. The summed E-state index contributed by atoms with van der Waals surface area (Å²) in [6.45, 7) is 3.14. The summed E-state index contributed by atoms with van der Waals surface area (Å²) in [4.78, 5) is 19.8. The molecule has 0 radical (unpaired) electrons. The molecule has 2 heterocycles. The summed E-state index contributed by atoms with van der Waals surface area (Å²) >= 11 is 12.3. The average Bonchev–Trinajstić information content (AvgIpc) is 3.16. The Kier molecular flexibility index (Phi) is 6.34. The van der Waals surface area contributed by atoms with Gasteiger partial charge in [0.1, 0.15) is 11.5 Å². The van der Waals surface area contributed by atoms with Gasteiger partial charge in [0.05, 0.1) is 19.0 Å². The second-order valence-corrected chi connectivity index (χ2v) is 7.58. The third-order valence-electron chi connectivity index (χ3n) is 4.21. The summed E-state index contributed by atoms with van der Waals surface area (Å²) in [6.07, 6.45) is 3.16. The average molecular weight is 434 g/mol. The van der Waals surface area contributed by atoms with Crippen LogP contribution >= 0.6 is 23.2 Å². The molecule has 3 rings (SSSR count). The van der Waals surface area contributed by atoms with E-state index in [2.05, 4.69) is 20.6 Å². The van der Waals surface area contributed by atoms with Crippen LogP contribution in [-0.4, -0.2) is 33.6 Å². The van der Waals surface area contributed by atoms with Gasteiger partial charge < -0.3 is 20.7 Å². The first-order valence-electron chi connectivity index (χ1n) is 9.46. The Labute approximate surface area is 180 Å². The fourth-order valence-electron chi connectivity index (χ4n) is 2.86. The minimum Gasteiger partial charge on any atom is -0.394 e. The molecule has 0 saturated carbocycles. The summed E-state index contributed by atoms with van der Waals surface area (Å²) in [5, 5.41) is 16.4. The second-order valence-electron chi connectivity index (χ2n) is 6.74. The summed E-state index contributed by atoms with van der Waals surface area (Å²) in [5.74, 6) is 0.124. The molecule has 0 aliphatic rings. The Balaban J connectivity index is 1.80. The Hall–Kier alpha value is -2.54. The summed E-state index contributed by atoms with van der Waals surface area (Å²) in [7, 11) is 0. The van der Waals surface area contributed by atoms with Gasteiger partial charge in [-0.2, -0.15) is 0 Å². The lowest BCUT2D eigenvalue weighted by atomic mass is 10.1. The number of nitrogens with one attached hydrogen (secondary N) is 3. The SMILES string of the molecule is [2H]C(C)(C)Nc1cc(-c2c[nH]c(C(=O)NC(CO)c3cccc(Cl)c3)c2)c(Cl)cn1. The molecule has 8 heteroatoms. The van der Waals surface area contributed by atoms with Crippen molar-refractivity contribution in [3.8, 4) is 11.1 Å². The van der Waals surface area contributed by atoms with Crippen LogP contribution in [0.25, 0.3) is 11.1 Å². The van der Waals surface area contributed by atoms with Crippen LogP contribution in [0.1, 0.15) is 37.3 Å². The molecule has 1 amide bonds. The largest absolute Gasteiger partial charge is 0.394 e. The van der Waals surface area contributed by atoms with Gasteiger partial charge in [0.2, 0.25) is 0 Å². The number of aliphatic hydroxyl groups is 1. The van der Waals surface area contributed by atoms with Crippen LogP contribution in [0.5, 0.6) is 0 Å². The van der Waals surface area contributed by atoms with E-state index in [-0.39, 0.29) is 12.5 Å². The van der Waals surface area contributed by atoms with Crippen molar-refractivity contribution < 1.29 is 11.3 Å². The Bertz CT molecular complexity index is 1050.